The second-order valence-corrected chi connectivity index (χ2v) is 7.97. The van der Waals surface area contributed by atoms with Crippen LogP contribution in [0.3, 0.4) is 0 Å². The summed E-state index contributed by atoms with van der Waals surface area (Å²) in [5, 5.41) is 3.65. The Labute approximate surface area is 197 Å². The second-order valence-electron chi connectivity index (χ2n) is 7.57. The molecule has 0 fully saturated rings. The molecule has 6 nitrogen and oxygen atoms in total. The molecule has 0 spiro atoms. The number of anilines is 1. The third-order valence-electron chi connectivity index (χ3n) is 5.45. The molecule has 33 heavy (non-hydrogen) atoms. The van der Waals surface area contributed by atoms with Crippen molar-refractivity contribution in [2.45, 2.75) is 13.5 Å². The average molecular weight is 463 g/mol. The summed E-state index contributed by atoms with van der Waals surface area (Å²) < 4.78 is 10.9. The second kappa shape index (κ2) is 9.38. The Morgan fingerprint density at radius 1 is 0.879 bits per heavy atom. The van der Waals surface area contributed by atoms with Crippen LogP contribution in [-0.4, -0.2) is 30.9 Å². The molecule has 0 aliphatic carbocycles. The number of rotatable bonds is 7. The van der Waals surface area contributed by atoms with Crippen LogP contribution in [0.4, 0.5) is 5.69 Å². The highest BCUT2D eigenvalue weighted by Crippen LogP contribution is 2.37. The zero-order valence-corrected chi connectivity index (χ0v) is 19.3. The lowest BCUT2D eigenvalue weighted by atomic mass is 10.0. The van der Waals surface area contributed by atoms with Gasteiger partial charge in [0.15, 0.2) is 0 Å². The van der Waals surface area contributed by atoms with Crippen LogP contribution < -0.4 is 14.8 Å². The van der Waals surface area contributed by atoms with Gasteiger partial charge in [-0.3, -0.25) is 14.5 Å². The average Bonchev–Trinajstić information content (AvgIpc) is 3.04. The number of methoxy groups -OCH3 is 2. The lowest BCUT2D eigenvalue weighted by molar-refractivity contribution is -0.137. The number of ether oxygens (including phenoxy) is 2. The van der Waals surface area contributed by atoms with Crippen LogP contribution in [0, 0.1) is 6.92 Å². The Balaban J connectivity index is 1.83. The highest BCUT2D eigenvalue weighted by Gasteiger charge is 2.40. The van der Waals surface area contributed by atoms with Crippen molar-refractivity contribution in [3.8, 4) is 11.5 Å². The number of halogens is 1. The number of benzene rings is 3. The molecule has 7 heteroatoms. The number of carbonyl (C=O) groups is 2. The lowest BCUT2D eigenvalue weighted by Crippen LogP contribution is -2.32. The quantitative estimate of drug-likeness (QED) is 0.497. The first-order valence-corrected chi connectivity index (χ1v) is 10.7. The van der Waals surface area contributed by atoms with Crippen molar-refractivity contribution in [1.82, 2.24) is 4.90 Å². The molecule has 1 heterocycles. The minimum Gasteiger partial charge on any atom is -0.496 e. The standard InChI is InChI=1S/C26H23ClN2O4/c1-16-12-13-22(33-3)20(14-16)28-24-23(18-9-5-7-11-21(18)32-2)25(30)29(26(24)31)15-17-8-4-6-10-19(17)27/h4-14,28H,15H2,1-3H3. The molecule has 1 aliphatic rings. The van der Waals surface area contributed by atoms with Crippen LogP contribution in [0.25, 0.3) is 5.57 Å². The molecule has 0 radical (unpaired) electrons. The number of carbonyl (C=O) groups excluding carboxylic acids is 2. The van der Waals surface area contributed by atoms with Crippen LogP contribution in [0.15, 0.2) is 72.4 Å². The molecule has 2 amide bonds. The Bertz CT molecular complexity index is 1270. The van der Waals surface area contributed by atoms with E-state index in [1.165, 1.54) is 12.0 Å². The van der Waals surface area contributed by atoms with E-state index in [1.807, 2.05) is 37.3 Å². The van der Waals surface area contributed by atoms with Crippen LogP contribution in [-0.2, 0) is 16.1 Å². The van der Waals surface area contributed by atoms with Gasteiger partial charge < -0.3 is 14.8 Å². The number of hydrogen-bond acceptors (Lipinski definition) is 5. The Morgan fingerprint density at radius 3 is 2.30 bits per heavy atom. The van der Waals surface area contributed by atoms with E-state index in [2.05, 4.69) is 5.32 Å². The first-order chi connectivity index (χ1) is 15.9. The van der Waals surface area contributed by atoms with Crippen LogP contribution in [0.5, 0.6) is 11.5 Å². The number of amides is 2. The van der Waals surface area contributed by atoms with Crippen molar-refractivity contribution in [3.05, 3.63) is 94.1 Å². The highest BCUT2D eigenvalue weighted by atomic mass is 35.5. The van der Waals surface area contributed by atoms with Crippen molar-refractivity contribution in [2.75, 3.05) is 19.5 Å². The van der Waals surface area contributed by atoms with E-state index in [4.69, 9.17) is 21.1 Å². The van der Waals surface area contributed by atoms with Gasteiger partial charge in [-0.15, -0.1) is 0 Å². The summed E-state index contributed by atoms with van der Waals surface area (Å²) in [7, 11) is 3.08. The molecule has 0 saturated carbocycles. The zero-order chi connectivity index (χ0) is 23.5. The first kappa shape index (κ1) is 22.4. The van der Waals surface area contributed by atoms with Gasteiger partial charge >= 0.3 is 0 Å². The van der Waals surface area contributed by atoms with Crippen molar-refractivity contribution in [2.24, 2.45) is 0 Å². The van der Waals surface area contributed by atoms with Crippen LogP contribution >= 0.6 is 11.6 Å². The van der Waals surface area contributed by atoms with Gasteiger partial charge in [-0.2, -0.15) is 0 Å². The summed E-state index contributed by atoms with van der Waals surface area (Å²) in [4.78, 5) is 28.4. The monoisotopic (exact) mass is 462 g/mol. The van der Waals surface area contributed by atoms with Gasteiger partial charge in [-0.1, -0.05) is 54.1 Å². The maximum absolute atomic E-state index is 13.6. The van der Waals surface area contributed by atoms with E-state index in [1.54, 1.807) is 43.5 Å². The van der Waals surface area contributed by atoms with Gasteiger partial charge in [0.1, 0.15) is 17.2 Å². The number of nitrogens with one attached hydrogen (secondary N) is 1. The van der Waals surface area contributed by atoms with Crippen LogP contribution in [0.1, 0.15) is 16.7 Å². The van der Waals surface area contributed by atoms with Gasteiger partial charge in [0, 0.05) is 10.6 Å². The van der Waals surface area contributed by atoms with Crippen molar-refractivity contribution in [3.63, 3.8) is 0 Å². The maximum Gasteiger partial charge on any atom is 0.278 e. The number of hydrogen-bond donors (Lipinski definition) is 1. The van der Waals surface area contributed by atoms with Crippen molar-refractivity contribution in [1.29, 1.82) is 0 Å². The molecule has 0 bridgehead atoms. The zero-order valence-electron chi connectivity index (χ0n) is 18.5. The summed E-state index contributed by atoms with van der Waals surface area (Å²) in [6.07, 6.45) is 0. The van der Waals surface area contributed by atoms with E-state index in [0.29, 0.717) is 33.3 Å². The minimum absolute atomic E-state index is 0.0477. The minimum atomic E-state index is -0.454. The number of para-hydroxylation sites is 1. The number of aryl methyl sites for hydroxylation is 1. The fraction of sp³-hybridized carbons (Fsp3) is 0.154. The molecular formula is C26H23ClN2O4. The van der Waals surface area contributed by atoms with Crippen molar-refractivity contribution >= 4 is 34.7 Å². The molecule has 1 N–H and O–H groups in total. The molecule has 0 saturated heterocycles. The fourth-order valence-corrected chi connectivity index (χ4v) is 3.98. The topological polar surface area (TPSA) is 67.9 Å². The normalized spacial score (nSPS) is 13.5. The van der Waals surface area contributed by atoms with E-state index < -0.39 is 11.8 Å². The predicted octanol–water partition coefficient (Wildman–Crippen LogP) is 5.06. The van der Waals surface area contributed by atoms with E-state index >= 15 is 0 Å². The number of imide groups is 1. The van der Waals surface area contributed by atoms with E-state index in [-0.39, 0.29) is 17.8 Å². The molecular weight excluding hydrogens is 440 g/mol. The van der Waals surface area contributed by atoms with Gasteiger partial charge in [0.2, 0.25) is 0 Å². The molecule has 3 aromatic carbocycles. The highest BCUT2D eigenvalue weighted by molar-refractivity contribution is 6.37. The van der Waals surface area contributed by atoms with E-state index in [9.17, 15) is 9.59 Å². The fourth-order valence-electron chi connectivity index (χ4n) is 3.79. The molecule has 0 unspecified atom stereocenters. The number of nitrogens with zero attached hydrogens (tertiary/aromatic N) is 1. The van der Waals surface area contributed by atoms with Gasteiger partial charge in [0.25, 0.3) is 11.8 Å². The van der Waals surface area contributed by atoms with Crippen molar-refractivity contribution < 1.29 is 19.1 Å². The molecule has 3 aromatic rings. The Hall–Kier alpha value is -3.77. The SMILES string of the molecule is COc1ccc(C)cc1NC1=C(c2ccccc2OC)C(=O)N(Cc2ccccc2Cl)C1=O. The first-order valence-electron chi connectivity index (χ1n) is 10.3. The molecule has 4 rings (SSSR count). The smallest absolute Gasteiger partial charge is 0.278 e. The molecule has 168 valence electrons. The molecule has 0 atom stereocenters. The van der Waals surface area contributed by atoms with E-state index in [0.717, 1.165) is 5.56 Å². The summed E-state index contributed by atoms with van der Waals surface area (Å²) in [6.45, 7) is 1.98. The Morgan fingerprint density at radius 2 is 1.58 bits per heavy atom. The summed E-state index contributed by atoms with van der Waals surface area (Å²) in [6, 6.07) is 19.8. The summed E-state index contributed by atoms with van der Waals surface area (Å²) in [5.41, 5.74) is 3.14. The van der Waals surface area contributed by atoms with Gasteiger partial charge in [-0.05, 0) is 42.3 Å². The molecule has 1 aliphatic heterocycles. The third-order valence-corrected chi connectivity index (χ3v) is 5.81. The molecule has 0 aromatic heterocycles. The third kappa shape index (κ3) is 4.30. The summed E-state index contributed by atoms with van der Waals surface area (Å²) >= 11 is 6.31. The lowest BCUT2D eigenvalue weighted by Gasteiger charge is -2.17. The Kier molecular flexibility index (Phi) is 6.38. The summed E-state index contributed by atoms with van der Waals surface area (Å²) in [5.74, 6) is 0.156. The predicted molar refractivity (Wildman–Crippen MR) is 128 cm³/mol. The van der Waals surface area contributed by atoms with Gasteiger partial charge in [0.05, 0.1) is 32.0 Å². The van der Waals surface area contributed by atoms with Crippen LogP contribution in [0.2, 0.25) is 5.02 Å². The maximum atomic E-state index is 13.6. The van der Waals surface area contributed by atoms with Gasteiger partial charge in [-0.25, -0.2) is 0 Å². The largest absolute Gasteiger partial charge is 0.496 e.